The first-order chi connectivity index (χ1) is 16.2. The molecule has 1 aliphatic heterocycles. The fourth-order valence-corrected chi connectivity index (χ4v) is 3.88. The lowest BCUT2D eigenvalue weighted by molar-refractivity contribution is -0.138. The number of hydrogen-bond donors (Lipinski definition) is 2. The Morgan fingerprint density at radius 1 is 1.03 bits per heavy atom. The topological polar surface area (TPSA) is 125 Å². The van der Waals surface area contributed by atoms with Crippen LogP contribution < -0.4 is 5.32 Å². The van der Waals surface area contributed by atoms with Crippen molar-refractivity contribution in [2.75, 3.05) is 26.2 Å². The van der Waals surface area contributed by atoms with Gasteiger partial charge in [-0.15, -0.1) is 0 Å². The molecule has 0 spiro atoms. The number of amides is 3. The van der Waals surface area contributed by atoms with E-state index < -0.39 is 53.8 Å². The molecule has 1 saturated heterocycles. The van der Waals surface area contributed by atoms with Crippen LogP contribution in [0.2, 0.25) is 0 Å². The molecule has 0 bridgehead atoms. The summed E-state index contributed by atoms with van der Waals surface area (Å²) in [6, 6.07) is 7.90. The Bertz CT molecular complexity index is 906. The van der Waals surface area contributed by atoms with Crippen LogP contribution in [0.3, 0.4) is 0 Å². The fourth-order valence-electron chi connectivity index (χ4n) is 3.88. The minimum atomic E-state index is -1.15. The molecule has 10 heteroatoms. The third-order valence-corrected chi connectivity index (χ3v) is 5.24. The average Bonchev–Trinajstić information content (AvgIpc) is 2.73. The fraction of sp³-hybridized carbons (Fsp3) is 0.600. The van der Waals surface area contributed by atoms with E-state index in [2.05, 4.69) is 5.32 Å². The van der Waals surface area contributed by atoms with Crippen molar-refractivity contribution in [1.29, 1.82) is 0 Å². The molecule has 194 valence electrons. The van der Waals surface area contributed by atoms with Crippen LogP contribution in [0.1, 0.15) is 58.3 Å². The minimum Gasteiger partial charge on any atom is -0.480 e. The summed E-state index contributed by atoms with van der Waals surface area (Å²) < 4.78 is 10.8. The minimum absolute atomic E-state index is 0.0804. The monoisotopic (exact) mass is 491 g/mol. The molecule has 1 aliphatic rings. The lowest BCUT2D eigenvalue weighted by atomic mass is 9.90. The van der Waals surface area contributed by atoms with Crippen LogP contribution in [0.15, 0.2) is 30.3 Å². The van der Waals surface area contributed by atoms with Crippen LogP contribution in [0.4, 0.5) is 9.59 Å². The van der Waals surface area contributed by atoms with Crippen LogP contribution in [0.5, 0.6) is 0 Å². The zero-order valence-electron chi connectivity index (χ0n) is 21.4. The Kier molecular flexibility index (Phi) is 9.12. The van der Waals surface area contributed by atoms with Crippen molar-refractivity contribution in [2.24, 2.45) is 5.92 Å². The molecule has 1 aromatic rings. The molecule has 0 saturated carbocycles. The highest BCUT2D eigenvalue weighted by atomic mass is 16.6. The standard InChI is InChI=1S/C25H37N3O7/c1-24(2,3)34-22(32)26-14-18-15-27(23(33)35-25(4,5)6)13-12-19(18)28(16-20(29)30)21(31)17-10-8-7-9-11-17/h7-11,18-19H,12-16H2,1-6H3,(H,26,32)(H,29,30). The summed E-state index contributed by atoms with van der Waals surface area (Å²) in [5.74, 6) is -2.02. The first-order valence-electron chi connectivity index (χ1n) is 11.7. The van der Waals surface area contributed by atoms with Crippen LogP contribution in [0.25, 0.3) is 0 Å². The number of nitrogens with one attached hydrogen (secondary N) is 1. The third-order valence-electron chi connectivity index (χ3n) is 5.24. The van der Waals surface area contributed by atoms with E-state index in [9.17, 15) is 24.3 Å². The van der Waals surface area contributed by atoms with E-state index in [0.717, 1.165) is 0 Å². The Morgan fingerprint density at radius 2 is 1.63 bits per heavy atom. The number of hydrogen-bond acceptors (Lipinski definition) is 6. The van der Waals surface area contributed by atoms with Crippen molar-refractivity contribution in [3.05, 3.63) is 35.9 Å². The molecule has 2 rings (SSSR count). The molecule has 0 aromatic heterocycles. The van der Waals surface area contributed by atoms with E-state index in [1.807, 2.05) is 0 Å². The zero-order chi connectivity index (χ0) is 26.4. The number of carboxylic acids is 1. The maximum atomic E-state index is 13.3. The molecule has 1 aromatic carbocycles. The number of carboxylic acid groups (broad SMARTS) is 1. The van der Waals surface area contributed by atoms with Gasteiger partial charge < -0.3 is 29.7 Å². The molecule has 2 unspecified atom stereocenters. The quantitative estimate of drug-likeness (QED) is 0.625. The molecule has 3 amide bonds. The molecular weight excluding hydrogens is 454 g/mol. The first-order valence-corrected chi connectivity index (χ1v) is 11.7. The number of nitrogens with zero attached hydrogens (tertiary/aromatic N) is 2. The number of rotatable bonds is 6. The van der Waals surface area contributed by atoms with Crippen LogP contribution in [-0.4, -0.2) is 82.4 Å². The highest BCUT2D eigenvalue weighted by molar-refractivity contribution is 5.96. The number of ether oxygens (including phenoxy) is 2. The van der Waals surface area contributed by atoms with Gasteiger partial charge >= 0.3 is 18.2 Å². The van der Waals surface area contributed by atoms with E-state index in [4.69, 9.17) is 9.47 Å². The largest absolute Gasteiger partial charge is 0.480 e. The summed E-state index contributed by atoms with van der Waals surface area (Å²) in [5.41, 5.74) is -1.02. The summed E-state index contributed by atoms with van der Waals surface area (Å²) >= 11 is 0. The molecule has 35 heavy (non-hydrogen) atoms. The predicted octanol–water partition coefficient (Wildman–Crippen LogP) is 3.36. The van der Waals surface area contributed by atoms with Gasteiger partial charge in [-0.2, -0.15) is 0 Å². The second-order valence-corrected chi connectivity index (χ2v) is 10.6. The number of carbonyl (C=O) groups excluding carboxylic acids is 3. The van der Waals surface area contributed by atoms with Crippen molar-refractivity contribution in [1.82, 2.24) is 15.1 Å². The molecular formula is C25H37N3O7. The highest BCUT2D eigenvalue weighted by Gasteiger charge is 2.39. The number of aliphatic carboxylic acids is 1. The van der Waals surface area contributed by atoms with Gasteiger partial charge in [-0.1, -0.05) is 18.2 Å². The maximum absolute atomic E-state index is 13.3. The van der Waals surface area contributed by atoms with Crippen molar-refractivity contribution < 1.29 is 33.8 Å². The van der Waals surface area contributed by atoms with Gasteiger partial charge in [0.25, 0.3) is 5.91 Å². The summed E-state index contributed by atoms with van der Waals surface area (Å²) in [6.07, 6.45) is -0.812. The SMILES string of the molecule is CC(C)(C)OC(=O)NCC1CN(C(=O)OC(C)(C)C)CCC1N(CC(=O)O)C(=O)c1ccccc1. The van der Waals surface area contributed by atoms with Crippen molar-refractivity contribution in [2.45, 2.75) is 65.2 Å². The Labute approximate surface area is 206 Å². The number of benzene rings is 1. The summed E-state index contributed by atoms with van der Waals surface area (Å²) in [5, 5.41) is 12.3. The van der Waals surface area contributed by atoms with Gasteiger partial charge in [0.2, 0.25) is 0 Å². The van der Waals surface area contributed by atoms with E-state index >= 15 is 0 Å². The van der Waals surface area contributed by atoms with Crippen LogP contribution in [-0.2, 0) is 14.3 Å². The summed E-state index contributed by atoms with van der Waals surface area (Å²) in [4.78, 5) is 52.8. The van der Waals surface area contributed by atoms with Gasteiger partial charge in [0, 0.05) is 37.2 Å². The van der Waals surface area contributed by atoms with Crippen molar-refractivity contribution in [3.63, 3.8) is 0 Å². The lowest BCUT2D eigenvalue weighted by Gasteiger charge is -2.43. The maximum Gasteiger partial charge on any atom is 0.410 e. The van der Waals surface area contributed by atoms with Gasteiger partial charge in [-0.25, -0.2) is 9.59 Å². The van der Waals surface area contributed by atoms with E-state index in [1.54, 1.807) is 71.9 Å². The number of carbonyl (C=O) groups is 4. The first kappa shape index (κ1) is 27.9. The summed E-state index contributed by atoms with van der Waals surface area (Å²) in [6.45, 7) is 10.6. The van der Waals surface area contributed by atoms with Gasteiger partial charge in [0.15, 0.2) is 0 Å². The smallest absolute Gasteiger partial charge is 0.410 e. The van der Waals surface area contributed by atoms with Gasteiger partial charge in [-0.05, 0) is 60.1 Å². The summed E-state index contributed by atoms with van der Waals surface area (Å²) in [7, 11) is 0. The van der Waals surface area contributed by atoms with Crippen molar-refractivity contribution >= 4 is 24.1 Å². The molecule has 1 heterocycles. The van der Waals surface area contributed by atoms with E-state index in [0.29, 0.717) is 12.0 Å². The highest BCUT2D eigenvalue weighted by Crippen LogP contribution is 2.26. The van der Waals surface area contributed by atoms with Crippen LogP contribution in [0, 0.1) is 5.92 Å². The Morgan fingerprint density at radius 3 is 2.17 bits per heavy atom. The second-order valence-electron chi connectivity index (χ2n) is 10.6. The van der Waals surface area contributed by atoms with Gasteiger partial charge in [-0.3, -0.25) is 9.59 Å². The number of piperidine rings is 1. The van der Waals surface area contributed by atoms with Gasteiger partial charge in [0.05, 0.1) is 0 Å². The second kappa shape index (κ2) is 11.4. The predicted molar refractivity (Wildman–Crippen MR) is 129 cm³/mol. The number of likely N-dealkylation sites (tertiary alicyclic amines) is 1. The van der Waals surface area contributed by atoms with Crippen molar-refractivity contribution in [3.8, 4) is 0 Å². The molecule has 0 radical (unpaired) electrons. The van der Waals surface area contributed by atoms with E-state index in [1.165, 1.54) is 9.80 Å². The Hall–Kier alpha value is -3.30. The van der Waals surface area contributed by atoms with Crippen LogP contribution >= 0.6 is 0 Å². The van der Waals surface area contributed by atoms with E-state index in [-0.39, 0.29) is 19.6 Å². The lowest BCUT2D eigenvalue weighted by Crippen LogP contribution is -2.58. The molecule has 0 aliphatic carbocycles. The number of alkyl carbamates (subject to hydrolysis) is 1. The molecule has 1 fully saturated rings. The molecule has 10 nitrogen and oxygen atoms in total. The zero-order valence-corrected chi connectivity index (χ0v) is 21.4. The Balaban J connectivity index is 2.29. The molecule has 2 N–H and O–H groups in total. The third kappa shape index (κ3) is 9.11. The molecule has 2 atom stereocenters. The van der Waals surface area contributed by atoms with Gasteiger partial charge in [0.1, 0.15) is 17.7 Å². The average molecular weight is 492 g/mol. The normalized spacial score (nSPS) is 18.4.